The lowest BCUT2D eigenvalue weighted by molar-refractivity contribution is -0.134. The molecule has 0 N–H and O–H groups in total. The molecule has 2 aliphatic rings. The lowest BCUT2D eigenvalue weighted by Gasteiger charge is -2.40. The van der Waals surface area contributed by atoms with Crippen LogP contribution in [0.3, 0.4) is 0 Å². The molecule has 0 aromatic heterocycles. The molecule has 0 bridgehead atoms. The lowest BCUT2D eigenvalue weighted by Crippen LogP contribution is -2.45. The Balaban J connectivity index is 1.66. The number of piperidine rings is 1. The van der Waals surface area contributed by atoms with Gasteiger partial charge in [0.05, 0.1) is 0 Å². The number of hydrogen-bond acceptors (Lipinski definition) is 3. The van der Waals surface area contributed by atoms with E-state index in [-0.39, 0.29) is 17.9 Å². The smallest absolute Gasteiger partial charge is 0.248 e. The quantitative estimate of drug-likeness (QED) is 0.851. The predicted molar refractivity (Wildman–Crippen MR) is 95.9 cm³/mol. The van der Waals surface area contributed by atoms with E-state index in [1.165, 1.54) is 36.1 Å². The average molecular weight is 330 g/mol. The zero-order valence-corrected chi connectivity index (χ0v) is 15.3. The van der Waals surface area contributed by atoms with Gasteiger partial charge in [0.15, 0.2) is 0 Å². The van der Waals surface area contributed by atoms with Crippen LogP contribution in [0, 0.1) is 19.3 Å². The molecular formula is C20H30N2O2. The number of carbonyl (C=O) groups excluding carboxylic acids is 1. The minimum Gasteiger partial charge on any atom is -0.375 e. The average Bonchev–Trinajstić information content (AvgIpc) is 2.95. The maximum absolute atomic E-state index is 12.1. The van der Waals surface area contributed by atoms with Gasteiger partial charge in [-0.15, -0.1) is 0 Å². The molecule has 3 rings (SSSR count). The van der Waals surface area contributed by atoms with Crippen molar-refractivity contribution in [3.63, 3.8) is 0 Å². The highest BCUT2D eigenvalue weighted by Gasteiger charge is 2.42. The molecule has 1 amide bonds. The van der Waals surface area contributed by atoms with E-state index in [4.69, 9.17) is 4.74 Å². The minimum atomic E-state index is 0.140. The van der Waals surface area contributed by atoms with Crippen LogP contribution in [0.15, 0.2) is 18.2 Å². The highest BCUT2D eigenvalue weighted by atomic mass is 16.5. The summed E-state index contributed by atoms with van der Waals surface area (Å²) in [5.41, 5.74) is 4.54. The molecule has 0 unspecified atom stereocenters. The fraction of sp³-hybridized carbons (Fsp3) is 0.650. The van der Waals surface area contributed by atoms with Crippen molar-refractivity contribution in [3.05, 3.63) is 34.9 Å². The van der Waals surface area contributed by atoms with Gasteiger partial charge in [-0.05, 0) is 56.3 Å². The second kappa shape index (κ2) is 7.24. The molecule has 4 heteroatoms. The van der Waals surface area contributed by atoms with Crippen molar-refractivity contribution in [1.82, 2.24) is 9.80 Å². The number of benzene rings is 1. The zero-order chi connectivity index (χ0) is 17.2. The van der Waals surface area contributed by atoms with Crippen molar-refractivity contribution in [2.45, 2.75) is 39.7 Å². The van der Waals surface area contributed by atoms with Gasteiger partial charge in [0.1, 0.15) is 6.61 Å². The lowest BCUT2D eigenvalue weighted by atomic mass is 9.79. The molecule has 24 heavy (non-hydrogen) atoms. The topological polar surface area (TPSA) is 32.8 Å². The van der Waals surface area contributed by atoms with E-state index in [2.05, 4.69) is 36.9 Å². The molecule has 1 aromatic carbocycles. The van der Waals surface area contributed by atoms with Crippen molar-refractivity contribution in [2.24, 2.45) is 5.41 Å². The molecule has 0 saturated carbocycles. The number of nitrogens with zero attached hydrogens (tertiary/aromatic N) is 2. The maximum atomic E-state index is 12.1. The summed E-state index contributed by atoms with van der Waals surface area (Å²) < 4.78 is 5.02. The first-order valence-corrected chi connectivity index (χ1v) is 9.07. The van der Waals surface area contributed by atoms with Crippen molar-refractivity contribution < 1.29 is 9.53 Å². The monoisotopic (exact) mass is 330 g/mol. The van der Waals surface area contributed by atoms with Gasteiger partial charge in [0.25, 0.3) is 0 Å². The third kappa shape index (κ3) is 3.65. The van der Waals surface area contributed by atoms with E-state index in [1.807, 2.05) is 4.90 Å². The maximum Gasteiger partial charge on any atom is 0.248 e. The third-order valence-corrected chi connectivity index (χ3v) is 5.83. The predicted octanol–water partition coefficient (Wildman–Crippen LogP) is 2.76. The standard InChI is InChI=1S/C20H30N2O2/c1-16-6-4-7-17(2)18(16)12-21-10-5-8-20(14-21)9-11-22(15-20)19(23)13-24-3/h4,6-7H,5,8-15H2,1-3H3/t20-/m1/s1. The van der Waals surface area contributed by atoms with E-state index < -0.39 is 0 Å². The van der Waals surface area contributed by atoms with Crippen molar-refractivity contribution >= 4 is 5.91 Å². The fourth-order valence-corrected chi connectivity index (χ4v) is 4.46. The Morgan fingerprint density at radius 2 is 1.92 bits per heavy atom. The Hall–Kier alpha value is -1.39. The second-order valence-electron chi connectivity index (χ2n) is 7.68. The van der Waals surface area contributed by atoms with Gasteiger partial charge < -0.3 is 9.64 Å². The van der Waals surface area contributed by atoms with Gasteiger partial charge in [-0.3, -0.25) is 9.69 Å². The molecule has 1 atom stereocenters. The van der Waals surface area contributed by atoms with Gasteiger partial charge in [-0.2, -0.15) is 0 Å². The van der Waals surface area contributed by atoms with Gasteiger partial charge in [0.2, 0.25) is 5.91 Å². The molecule has 2 heterocycles. The number of methoxy groups -OCH3 is 1. The Kier molecular flexibility index (Phi) is 5.26. The summed E-state index contributed by atoms with van der Waals surface area (Å²) in [6, 6.07) is 6.56. The van der Waals surface area contributed by atoms with Gasteiger partial charge in [-0.1, -0.05) is 18.2 Å². The second-order valence-corrected chi connectivity index (χ2v) is 7.68. The third-order valence-electron chi connectivity index (χ3n) is 5.83. The van der Waals surface area contributed by atoms with Gasteiger partial charge in [0, 0.05) is 38.7 Å². The summed E-state index contributed by atoms with van der Waals surface area (Å²) in [4.78, 5) is 16.7. The molecule has 1 spiro atoms. The molecule has 0 aliphatic carbocycles. The van der Waals surface area contributed by atoms with Crippen LogP contribution in [-0.4, -0.2) is 55.6 Å². The van der Waals surface area contributed by atoms with Crippen LogP contribution in [-0.2, 0) is 16.1 Å². The minimum absolute atomic E-state index is 0.140. The summed E-state index contributed by atoms with van der Waals surface area (Å²) in [7, 11) is 1.59. The van der Waals surface area contributed by atoms with Crippen LogP contribution in [0.25, 0.3) is 0 Å². The summed E-state index contributed by atoms with van der Waals surface area (Å²) >= 11 is 0. The highest BCUT2D eigenvalue weighted by molar-refractivity contribution is 5.77. The fourth-order valence-electron chi connectivity index (χ4n) is 4.46. The summed E-state index contributed by atoms with van der Waals surface area (Å²) in [5, 5.41) is 0. The number of aryl methyl sites for hydroxylation is 2. The summed E-state index contributed by atoms with van der Waals surface area (Å²) in [6.45, 7) is 9.73. The van der Waals surface area contributed by atoms with Gasteiger partial charge >= 0.3 is 0 Å². The molecule has 2 saturated heterocycles. The first-order chi connectivity index (χ1) is 11.5. The number of carbonyl (C=O) groups is 1. The summed E-state index contributed by atoms with van der Waals surface area (Å²) in [5.74, 6) is 0.140. The van der Waals surface area contributed by atoms with E-state index in [0.717, 1.165) is 32.6 Å². The number of likely N-dealkylation sites (tertiary alicyclic amines) is 2. The number of ether oxygens (including phenoxy) is 1. The molecule has 4 nitrogen and oxygen atoms in total. The zero-order valence-electron chi connectivity index (χ0n) is 15.3. The molecular weight excluding hydrogens is 300 g/mol. The van der Waals surface area contributed by atoms with Crippen LogP contribution in [0.1, 0.15) is 36.0 Å². The SMILES string of the molecule is COCC(=O)N1CC[C@@]2(CCCN(Cc3c(C)cccc3C)C2)C1. The number of rotatable bonds is 4. The van der Waals surface area contributed by atoms with Crippen molar-refractivity contribution in [3.8, 4) is 0 Å². The summed E-state index contributed by atoms with van der Waals surface area (Å²) in [6.07, 6.45) is 3.61. The van der Waals surface area contributed by atoms with Gasteiger partial charge in [-0.25, -0.2) is 0 Å². The van der Waals surface area contributed by atoms with Crippen LogP contribution in [0.5, 0.6) is 0 Å². The Morgan fingerprint density at radius 3 is 2.62 bits per heavy atom. The molecule has 0 radical (unpaired) electrons. The van der Waals surface area contributed by atoms with Crippen LogP contribution < -0.4 is 0 Å². The molecule has 132 valence electrons. The normalized spacial score (nSPS) is 24.7. The first-order valence-electron chi connectivity index (χ1n) is 9.07. The van der Waals surface area contributed by atoms with E-state index >= 15 is 0 Å². The first kappa shape index (κ1) is 17.4. The van der Waals surface area contributed by atoms with Crippen LogP contribution in [0.2, 0.25) is 0 Å². The number of hydrogen-bond donors (Lipinski definition) is 0. The van der Waals surface area contributed by atoms with E-state index in [0.29, 0.717) is 0 Å². The van der Waals surface area contributed by atoms with E-state index in [9.17, 15) is 4.79 Å². The molecule has 2 fully saturated rings. The number of amides is 1. The van der Waals surface area contributed by atoms with Crippen molar-refractivity contribution in [1.29, 1.82) is 0 Å². The Morgan fingerprint density at radius 1 is 1.17 bits per heavy atom. The van der Waals surface area contributed by atoms with E-state index in [1.54, 1.807) is 7.11 Å². The van der Waals surface area contributed by atoms with Crippen LogP contribution in [0.4, 0.5) is 0 Å². The molecule has 2 aliphatic heterocycles. The largest absolute Gasteiger partial charge is 0.375 e. The Labute approximate surface area is 145 Å². The highest BCUT2D eigenvalue weighted by Crippen LogP contribution is 2.39. The van der Waals surface area contributed by atoms with Crippen molar-refractivity contribution in [2.75, 3.05) is 39.9 Å². The Bertz CT molecular complexity index is 581. The molecule has 1 aromatic rings. The van der Waals surface area contributed by atoms with Crippen LogP contribution >= 0.6 is 0 Å².